The normalized spacial score (nSPS) is 14.4. The van der Waals surface area contributed by atoms with Gasteiger partial charge in [0.15, 0.2) is 0 Å². The highest BCUT2D eigenvalue weighted by Gasteiger charge is 2.14. The predicted octanol–water partition coefficient (Wildman–Crippen LogP) is 5.31. The van der Waals surface area contributed by atoms with Gasteiger partial charge in [-0.1, -0.05) is 61.3 Å². The van der Waals surface area contributed by atoms with Crippen LogP contribution in [-0.2, 0) is 40.4 Å². The topological polar surface area (TPSA) is 67.9 Å². The van der Waals surface area contributed by atoms with Crippen LogP contribution < -0.4 is 9.46 Å². The fraction of sp³-hybridized carbons (Fsp3) is 0.419. The summed E-state index contributed by atoms with van der Waals surface area (Å²) >= 11 is 5.90. The standard InChI is InChI=1S/C31H39ClN2O4S/c1-2-5-25-22-26(24-27(23-25)14-15-33-39(35,36)30-12-10-29(32)11-13-30)8-9-28-6-3-4-7-31(28)38-21-18-34-16-19-37-20-17-34/h3-4,6-7,10-13,22-24,33H,2,5,8-9,14-21H2,1H3. The number of rotatable bonds is 14. The molecule has 0 unspecified atom stereocenters. The van der Waals surface area contributed by atoms with Gasteiger partial charge in [0.1, 0.15) is 12.4 Å². The van der Waals surface area contributed by atoms with Gasteiger partial charge >= 0.3 is 0 Å². The van der Waals surface area contributed by atoms with Crippen LogP contribution in [0, 0.1) is 0 Å². The second kappa shape index (κ2) is 14.8. The Bertz CT molecular complexity index is 1290. The first-order chi connectivity index (χ1) is 18.9. The summed E-state index contributed by atoms with van der Waals surface area (Å²) < 4.78 is 39.6. The fourth-order valence-corrected chi connectivity index (χ4v) is 5.99. The zero-order valence-electron chi connectivity index (χ0n) is 22.7. The molecule has 3 aromatic carbocycles. The van der Waals surface area contributed by atoms with Crippen molar-refractivity contribution in [3.8, 4) is 5.75 Å². The monoisotopic (exact) mass is 570 g/mol. The minimum Gasteiger partial charge on any atom is -0.492 e. The molecule has 39 heavy (non-hydrogen) atoms. The van der Waals surface area contributed by atoms with E-state index in [4.69, 9.17) is 21.1 Å². The fourth-order valence-electron chi connectivity index (χ4n) is 4.83. The van der Waals surface area contributed by atoms with Gasteiger partial charge in [0.2, 0.25) is 10.0 Å². The third kappa shape index (κ3) is 9.33. The van der Waals surface area contributed by atoms with E-state index in [1.807, 2.05) is 6.07 Å². The van der Waals surface area contributed by atoms with Crippen molar-refractivity contribution in [2.24, 2.45) is 0 Å². The molecule has 0 aromatic heterocycles. The van der Waals surface area contributed by atoms with Gasteiger partial charge in [0, 0.05) is 31.2 Å². The Labute approximate surface area is 238 Å². The zero-order chi connectivity index (χ0) is 27.5. The van der Waals surface area contributed by atoms with Crippen molar-refractivity contribution < 1.29 is 17.9 Å². The van der Waals surface area contributed by atoms with Gasteiger partial charge in [-0.25, -0.2) is 13.1 Å². The lowest BCUT2D eigenvalue weighted by Crippen LogP contribution is -2.38. The van der Waals surface area contributed by atoms with E-state index in [0.29, 0.717) is 24.6 Å². The molecule has 0 saturated carbocycles. The average Bonchev–Trinajstić information content (AvgIpc) is 2.93. The first kappa shape index (κ1) is 29.6. The Morgan fingerprint density at radius 1 is 0.897 bits per heavy atom. The van der Waals surface area contributed by atoms with Crippen LogP contribution in [0.25, 0.3) is 0 Å². The lowest BCUT2D eigenvalue weighted by molar-refractivity contribution is 0.0322. The summed E-state index contributed by atoms with van der Waals surface area (Å²) in [5.74, 6) is 0.951. The van der Waals surface area contributed by atoms with E-state index in [9.17, 15) is 8.42 Å². The van der Waals surface area contributed by atoms with E-state index in [2.05, 4.69) is 52.9 Å². The third-order valence-electron chi connectivity index (χ3n) is 6.91. The molecule has 4 rings (SSSR count). The summed E-state index contributed by atoms with van der Waals surface area (Å²) in [6, 6.07) is 21.2. The Hall–Kier alpha value is -2.42. The number of nitrogens with zero attached hydrogens (tertiary/aromatic N) is 1. The summed E-state index contributed by atoms with van der Waals surface area (Å²) in [7, 11) is -3.58. The molecule has 0 atom stereocenters. The molecule has 210 valence electrons. The average molecular weight is 571 g/mol. The van der Waals surface area contributed by atoms with Gasteiger partial charge in [-0.2, -0.15) is 0 Å². The summed E-state index contributed by atoms with van der Waals surface area (Å²) in [6.45, 7) is 7.60. The molecular formula is C31H39ClN2O4S. The highest BCUT2D eigenvalue weighted by Crippen LogP contribution is 2.22. The molecule has 6 nitrogen and oxygen atoms in total. The van der Waals surface area contributed by atoms with Crippen LogP contribution in [0.3, 0.4) is 0 Å². The SMILES string of the molecule is CCCc1cc(CCNS(=O)(=O)c2ccc(Cl)cc2)cc(CCc2ccccc2OCCN2CCOCC2)c1. The number of halogens is 1. The quantitative estimate of drug-likeness (QED) is 0.284. The molecule has 0 spiro atoms. The molecule has 0 bridgehead atoms. The van der Waals surface area contributed by atoms with E-state index < -0.39 is 10.0 Å². The largest absolute Gasteiger partial charge is 0.492 e. The molecule has 3 aromatic rings. The lowest BCUT2D eigenvalue weighted by Gasteiger charge is -2.26. The summed E-state index contributed by atoms with van der Waals surface area (Å²) in [5.41, 5.74) is 4.91. The number of morpholine rings is 1. The smallest absolute Gasteiger partial charge is 0.240 e. The summed E-state index contributed by atoms with van der Waals surface area (Å²) in [6.07, 6.45) is 4.46. The third-order valence-corrected chi connectivity index (χ3v) is 8.63. The van der Waals surface area contributed by atoms with Gasteiger partial charge in [-0.3, -0.25) is 4.90 Å². The van der Waals surface area contributed by atoms with Crippen molar-refractivity contribution in [2.45, 2.75) is 43.9 Å². The predicted molar refractivity (Wildman–Crippen MR) is 157 cm³/mol. The van der Waals surface area contributed by atoms with Gasteiger partial charge in [-0.15, -0.1) is 0 Å². The van der Waals surface area contributed by atoms with Crippen molar-refractivity contribution in [1.29, 1.82) is 0 Å². The van der Waals surface area contributed by atoms with Gasteiger partial charge in [0.05, 0.1) is 18.1 Å². The Morgan fingerprint density at radius 3 is 2.28 bits per heavy atom. The number of ether oxygens (including phenoxy) is 2. The lowest BCUT2D eigenvalue weighted by atomic mass is 9.96. The highest BCUT2D eigenvalue weighted by atomic mass is 35.5. The molecule has 1 saturated heterocycles. The van der Waals surface area contributed by atoms with E-state index >= 15 is 0 Å². The number of aryl methyl sites for hydroxylation is 3. The van der Waals surface area contributed by atoms with Crippen LogP contribution in [0.15, 0.2) is 71.6 Å². The second-order valence-electron chi connectivity index (χ2n) is 9.92. The summed E-state index contributed by atoms with van der Waals surface area (Å²) in [5, 5.41) is 0.511. The molecule has 1 N–H and O–H groups in total. The number of hydrogen-bond donors (Lipinski definition) is 1. The molecular weight excluding hydrogens is 532 g/mol. The number of sulfonamides is 1. The van der Waals surface area contributed by atoms with Crippen LogP contribution in [0.4, 0.5) is 0 Å². The minimum atomic E-state index is -3.58. The number of benzene rings is 3. The summed E-state index contributed by atoms with van der Waals surface area (Å²) in [4.78, 5) is 2.60. The first-order valence-corrected chi connectivity index (χ1v) is 15.7. The highest BCUT2D eigenvalue weighted by molar-refractivity contribution is 7.89. The van der Waals surface area contributed by atoms with Crippen LogP contribution in [-0.4, -0.2) is 59.3 Å². The van der Waals surface area contributed by atoms with Crippen molar-refractivity contribution >= 4 is 21.6 Å². The maximum Gasteiger partial charge on any atom is 0.240 e. The second-order valence-corrected chi connectivity index (χ2v) is 12.1. The molecule has 1 aliphatic heterocycles. The van der Waals surface area contributed by atoms with Crippen LogP contribution >= 0.6 is 11.6 Å². The number of nitrogens with one attached hydrogen (secondary N) is 1. The van der Waals surface area contributed by atoms with Gasteiger partial charge in [0.25, 0.3) is 0 Å². The van der Waals surface area contributed by atoms with Gasteiger partial charge in [-0.05, 0) is 78.3 Å². The van der Waals surface area contributed by atoms with Crippen LogP contribution in [0.1, 0.15) is 35.6 Å². The molecule has 1 heterocycles. The van der Waals surface area contributed by atoms with E-state index in [1.165, 1.54) is 28.8 Å². The van der Waals surface area contributed by atoms with Crippen molar-refractivity contribution in [2.75, 3.05) is 46.0 Å². The van der Waals surface area contributed by atoms with E-state index in [0.717, 1.165) is 69.8 Å². The molecule has 1 fully saturated rings. The van der Waals surface area contributed by atoms with Gasteiger partial charge < -0.3 is 9.47 Å². The van der Waals surface area contributed by atoms with E-state index in [1.54, 1.807) is 12.1 Å². The number of para-hydroxylation sites is 1. The molecule has 8 heteroatoms. The van der Waals surface area contributed by atoms with E-state index in [-0.39, 0.29) is 4.90 Å². The molecule has 0 aliphatic carbocycles. The van der Waals surface area contributed by atoms with Crippen molar-refractivity contribution in [1.82, 2.24) is 9.62 Å². The Kier molecular flexibility index (Phi) is 11.2. The maximum atomic E-state index is 12.7. The van der Waals surface area contributed by atoms with Crippen molar-refractivity contribution in [3.63, 3.8) is 0 Å². The van der Waals surface area contributed by atoms with Crippen LogP contribution in [0.2, 0.25) is 5.02 Å². The molecule has 1 aliphatic rings. The molecule has 0 radical (unpaired) electrons. The van der Waals surface area contributed by atoms with Crippen molar-refractivity contribution in [3.05, 3.63) is 94.0 Å². The number of hydrogen-bond acceptors (Lipinski definition) is 5. The zero-order valence-corrected chi connectivity index (χ0v) is 24.3. The van der Waals surface area contributed by atoms with Crippen LogP contribution in [0.5, 0.6) is 5.75 Å². The Morgan fingerprint density at radius 2 is 1.56 bits per heavy atom. The minimum absolute atomic E-state index is 0.221. The first-order valence-electron chi connectivity index (χ1n) is 13.8. The molecule has 0 amide bonds. The Balaban J connectivity index is 1.35. The maximum absolute atomic E-state index is 12.7.